The molecule has 2 aromatic rings. The topological polar surface area (TPSA) is 24.1 Å². The third-order valence-corrected chi connectivity index (χ3v) is 3.57. The molecule has 0 bridgehead atoms. The van der Waals surface area contributed by atoms with Crippen molar-refractivity contribution in [1.82, 2.24) is 0 Å². The summed E-state index contributed by atoms with van der Waals surface area (Å²) in [4.78, 5) is 0. The van der Waals surface area contributed by atoms with E-state index in [1.54, 1.807) is 0 Å². The van der Waals surface area contributed by atoms with Crippen LogP contribution in [0.1, 0.15) is 11.5 Å². The molecular formula is C15H15ClN2. The number of halogens is 1. The smallest absolute Gasteiger partial charge is 0.0591 e. The lowest BCUT2D eigenvalue weighted by atomic mass is 9.99. The average Bonchev–Trinajstić information content (AvgIpc) is 2.62. The maximum atomic E-state index is 6.02. The highest BCUT2D eigenvalue weighted by molar-refractivity contribution is 6.31. The Balaban J connectivity index is 1.83. The fourth-order valence-corrected chi connectivity index (χ4v) is 2.49. The van der Waals surface area contributed by atoms with Crippen LogP contribution < -0.4 is 10.6 Å². The van der Waals surface area contributed by atoms with Gasteiger partial charge in [-0.1, -0.05) is 41.9 Å². The number of hydrogen-bond donors (Lipinski definition) is 2. The minimum Gasteiger partial charge on any atom is -0.383 e. The molecule has 0 amide bonds. The fourth-order valence-electron chi connectivity index (χ4n) is 2.32. The van der Waals surface area contributed by atoms with Crippen molar-refractivity contribution in [2.24, 2.45) is 0 Å². The molecule has 2 nitrogen and oxygen atoms in total. The van der Waals surface area contributed by atoms with Gasteiger partial charge in [-0.05, 0) is 23.8 Å². The Labute approximate surface area is 112 Å². The molecule has 0 fully saturated rings. The van der Waals surface area contributed by atoms with Crippen molar-refractivity contribution in [2.45, 2.75) is 5.92 Å². The molecule has 1 aliphatic rings. The second kappa shape index (κ2) is 4.91. The summed E-state index contributed by atoms with van der Waals surface area (Å²) >= 11 is 6.02. The molecule has 0 saturated heterocycles. The highest BCUT2D eigenvalue weighted by Gasteiger charge is 2.16. The lowest BCUT2D eigenvalue weighted by molar-refractivity contribution is 0.767. The van der Waals surface area contributed by atoms with Crippen LogP contribution in [0.3, 0.4) is 0 Å². The van der Waals surface area contributed by atoms with Crippen molar-refractivity contribution in [1.29, 1.82) is 0 Å². The van der Waals surface area contributed by atoms with Gasteiger partial charge in [0.05, 0.1) is 11.4 Å². The first-order valence-electron chi connectivity index (χ1n) is 6.15. The summed E-state index contributed by atoms with van der Waals surface area (Å²) in [5, 5.41) is 7.71. The molecule has 1 unspecified atom stereocenters. The first-order valence-corrected chi connectivity index (χ1v) is 6.53. The molecule has 2 aromatic carbocycles. The van der Waals surface area contributed by atoms with Crippen LogP contribution in [0.5, 0.6) is 0 Å². The van der Waals surface area contributed by atoms with Crippen LogP contribution >= 0.6 is 11.6 Å². The summed E-state index contributed by atoms with van der Waals surface area (Å²) in [7, 11) is 0. The van der Waals surface area contributed by atoms with Gasteiger partial charge in [-0.2, -0.15) is 0 Å². The predicted molar refractivity (Wildman–Crippen MR) is 77.6 cm³/mol. The van der Waals surface area contributed by atoms with Crippen LogP contribution in [-0.2, 0) is 0 Å². The summed E-state index contributed by atoms with van der Waals surface area (Å²) in [6, 6.07) is 16.5. The molecule has 0 spiro atoms. The Hall–Kier alpha value is -1.67. The molecule has 3 rings (SSSR count). The lowest BCUT2D eigenvalue weighted by Gasteiger charge is -2.14. The minimum absolute atomic E-state index is 0.470. The highest BCUT2D eigenvalue weighted by Crippen LogP contribution is 2.30. The predicted octanol–water partition coefficient (Wildman–Crippen LogP) is 3.96. The van der Waals surface area contributed by atoms with Gasteiger partial charge >= 0.3 is 0 Å². The van der Waals surface area contributed by atoms with Gasteiger partial charge in [-0.15, -0.1) is 0 Å². The van der Waals surface area contributed by atoms with Crippen LogP contribution in [0, 0.1) is 0 Å². The van der Waals surface area contributed by atoms with Gasteiger partial charge in [-0.25, -0.2) is 0 Å². The quantitative estimate of drug-likeness (QED) is 0.809. The van der Waals surface area contributed by atoms with E-state index < -0.39 is 0 Å². The van der Waals surface area contributed by atoms with Crippen molar-refractivity contribution >= 4 is 23.0 Å². The van der Waals surface area contributed by atoms with Gasteiger partial charge in [0.15, 0.2) is 0 Å². The third kappa shape index (κ3) is 2.29. The zero-order valence-corrected chi connectivity index (χ0v) is 10.7. The van der Waals surface area contributed by atoms with E-state index in [2.05, 4.69) is 41.0 Å². The number of benzene rings is 2. The zero-order valence-electron chi connectivity index (χ0n) is 9.99. The van der Waals surface area contributed by atoms with Crippen LogP contribution in [0.25, 0.3) is 0 Å². The van der Waals surface area contributed by atoms with Gasteiger partial charge in [0, 0.05) is 24.0 Å². The van der Waals surface area contributed by atoms with Crippen molar-refractivity contribution in [3.05, 3.63) is 59.1 Å². The van der Waals surface area contributed by atoms with E-state index in [0.717, 1.165) is 29.5 Å². The summed E-state index contributed by atoms with van der Waals surface area (Å²) in [5.41, 5.74) is 3.56. The van der Waals surface area contributed by atoms with Gasteiger partial charge in [0.2, 0.25) is 0 Å². The largest absolute Gasteiger partial charge is 0.383 e. The van der Waals surface area contributed by atoms with Crippen LogP contribution in [-0.4, -0.2) is 13.1 Å². The molecular weight excluding hydrogens is 244 g/mol. The molecule has 0 radical (unpaired) electrons. The molecule has 1 heterocycles. The van der Waals surface area contributed by atoms with Crippen molar-refractivity contribution < 1.29 is 0 Å². The van der Waals surface area contributed by atoms with Gasteiger partial charge in [0.25, 0.3) is 0 Å². The number of rotatable bonds is 1. The number of anilines is 2. The second-order valence-corrected chi connectivity index (χ2v) is 5.00. The molecule has 0 aliphatic carbocycles. The SMILES string of the molecule is Clc1ccc2c(c1)NCC(c1ccccc1)CN2. The van der Waals surface area contributed by atoms with E-state index in [9.17, 15) is 0 Å². The molecule has 1 aliphatic heterocycles. The van der Waals surface area contributed by atoms with Crippen LogP contribution in [0.15, 0.2) is 48.5 Å². The van der Waals surface area contributed by atoms with Crippen molar-refractivity contribution in [3.63, 3.8) is 0 Å². The Bertz CT molecular complexity index is 539. The minimum atomic E-state index is 0.470. The maximum Gasteiger partial charge on any atom is 0.0591 e. The normalized spacial score (nSPS) is 18.2. The van der Waals surface area contributed by atoms with Gasteiger partial charge in [-0.3, -0.25) is 0 Å². The van der Waals surface area contributed by atoms with E-state index in [-0.39, 0.29) is 0 Å². The first-order chi connectivity index (χ1) is 8.83. The monoisotopic (exact) mass is 258 g/mol. The van der Waals surface area contributed by atoms with E-state index in [4.69, 9.17) is 11.6 Å². The molecule has 0 aromatic heterocycles. The molecule has 92 valence electrons. The Morgan fingerprint density at radius 3 is 2.39 bits per heavy atom. The molecule has 3 heteroatoms. The van der Waals surface area contributed by atoms with Crippen molar-refractivity contribution in [3.8, 4) is 0 Å². The highest BCUT2D eigenvalue weighted by atomic mass is 35.5. The lowest BCUT2D eigenvalue weighted by Crippen LogP contribution is -2.16. The Morgan fingerprint density at radius 1 is 0.889 bits per heavy atom. The van der Waals surface area contributed by atoms with E-state index >= 15 is 0 Å². The number of hydrogen-bond acceptors (Lipinski definition) is 2. The van der Waals surface area contributed by atoms with Crippen molar-refractivity contribution in [2.75, 3.05) is 23.7 Å². The number of fused-ring (bicyclic) bond motifs is 1. The Kier molecular flexibility index (Phi) is 3.11. The fraction of sp³-hybridized carbons (Fsp3) is 0.200. The first kappa shape index (κ1) is 11.4. The molecule has 0 saturated carbocycles. The number of nitrogens with one attached hydrogen (secondary N) is 2. The molecule has 1 atom stereocenters. The van der Waals surface area contributed by atoms with Crippen LogP contribution in [0.4, 0.5) is 11.4 Å². The molecule has 2 N–H and O–H groups in total. The maximum absolute atomic E-state index is 6.02. The Morgan fingerprint density at radius 2 is 1.61 bits per heavy atom. The standard InChI is InChI=1S/C15H15ClN2/c16-13-6-7-14-15(8-13)18-10-12(9-17-14)11-4-2-1-3-5-11/h1-8,12,17-18H,9-10H2. The van der Waals surface area contributed by atoms with E-state index in [1.165, 1.54) is 5.56 Å². The zero-order chi connectivity index (χ0) is 12.4. The summed E-state index contributed by atoms with van der Waals surface area (Å²) in [5.74, 6) is 0.470. The third-order valence-electron chi connectivity index (χ3n) is 3.33. The van der Waals surface area contributed by atoms with Crippen LogP contribution in [0.2, 0.25) is 5.02 Å². The van der Waals surface area contributed by atoms with E-state index in [1.807, 2.05) is 18.2 Å². The van der Waals surface area contributed by atoms with E-state index in [0.29, 0.717) is 5.92 Å². The van der Waals surface area contributed by atoms with Gasteiger partial charge in [0.1, 0.15) is 0 Å². The average molecular weight is 259 g/mol. The summed E-state index contributed by atoms with van der Waals surface area (Å²) in [6.45, 7) is 1.86. The molecule has 18 heavy (non-hydrogen) atoms. The van der Waals surface area contributed by atoms with Gasteiger partial charge < -0.3 is 10.6 Å². The second-order valence-electron chi connectivity index (χ2n) is 4.56. The summed E-state index contributed by atoms with van der Waals surface area (Å²) in [6.07, 6.45) is 0. The summed E-state index contributed by atoms with van der Waals surface area (Å²) < 4.78 is 0.